The van der Waals surface area contributed by atoms with Crippen LogP contribution in [0.15, 0.2) is 30.3 Å². The normalized spacial score (nSPS) is 28.5. The molecule has 1 aliphatic heterocycles. The largest absolute Gasteiger partial charge is 0.479 e. The molecule has 5 N–H and O–H groups in total. The van der Waals surface area contributed by atoms with Crippen molar-refractivity contribution in [3.63, 3.8) is 0 Å². The highest BCUT2D eigenvalue weighted by atomic mass is 19.4. The predicted octanol–water partition coefficient (Wildman–Crippen LogP) is 0.546. The minimum absolute atomic E-state index is 0.00447. The summed E-state index contributed by atoms with van der Waals surface area (Å²) in [6, 6.07) is 7.39. The van der Waals surface area contributed by atoms with Crippen LogP contribution < -0.4 is 4.74 Å². The Balaban J connectivity index is 0.000000260. The van der Waals surface area contributed by atoms with Crippen molar-refractivity contribution in [3.8, 4) is 5.75 Å². The molecule has 146 valence electrons. The Labute approximate surface area is 145 Å². The maximum atomic E-state index is 11.8. The lowest BCUT2D eigenvalue weighted by Gasteiger charge is -2.37. The van der Waals surface area contributed by atoms with E-state index in [1.54, 1.807) is 6.07 Å². The number of hydrogen-bond acceptors (Lipinski definition) is 7. The molecular weight excluding hydrogens is 363 g/mol. The number of ether oxygens (including phenoxy) is 2. The number of hydrogen-bond donors (Lipinski definition) is 5. The second-order valence-electron chi connectivity index (χ2n) is 5.31. The molecule has 0 bridgehead atoms. The van der Waals surface area contributed by atoms with Crippen molar-refractivity contribution in [2.45, 2.75) is 43.6 Å². The lowest BCUT2D eigenvalue weighted by Crippen LogP contribution is -2.58. The van der Waals surface area contributed by atoms with E-state index in [0.717, 1.165) is 0 Å². The zero-order chi connectivity index (χ0) is 20.1. The maximum absolute atomic E-state index is 11.8. The zero-order valence-electron chi connectivity index (χ0n) is 13.4. The van der Waals surface area contributed by atoms with Gasteiger partial charge in [-0.1, -0.05) is 18.2 Å². The monoisotopic (exact) mass is 381 g/mol. The van der Waals surface area contributed by atoms with E-state index in [4.69, 9.17) is 15.3 Å². The average Bonchev–Trinajstić information content (AvgIpc) is 2.56. The van der Waals surface area contributed by atoms with Crippen LogP contribution >= 0.6 is 0 Å². The topological polar surface area (TPSA) is 140 Å². The molecule has 26 heavy (non-hydrogen) atoms. The van der Waals surface area contributed by atoms with Gasteiger partial charge in [-0.2, -0.15) is 13.2 Å². The number of rotatable bonds is 2. The van der Waals surface area contributed by atoms with E-state index in [2.05, 4.69) is 4.74 Å². The summed E-state index contributed by atoms with van der Waals surface area (Å²) < 4.78 is 44.4. The highest BCUT2D eigenvalue weighted by Crippen LogP contribution is 2.21. The first-order valence-electron chi connectivity index (χ1n) is 7.26. The van der Waals surface area contributed by atoms with Gasteiger partial charge >= 0.3 is 12.1 Å². The van der Waals surface area contributed by atoms with Crippen LogP contribution in [-0.4, -0.2) is 69.0 Å². The number of benzene rings is 1. The van der Waals surface area contributed by atoms with Crippen LogP contribution in [0.25, 0.3) is 0 Å². The third-order valence-electron chi connectivity index (χ3n) is 3.32. The van der Waals surface area contributed by atoms with E-state index in [1.807, 2.05) is 0 Å². The van der Waals surface area contributed by atoms with Gasteiger partial charge in [0.05, 0.1) is 6.10 Å². The summed E-state index contributed by atoms with van der Waals surface area (Å²) in [4.78, 5) is 10.5. The molecule has 1 unspecified atom stereocenters. The van der Waals surface area contributed by atoms with Crippen molar-refractivity contribution < 1.29 is 47.9 Å². The number of alkyl halides is 3. The van der Waals surface area contributed by atoms with Gasteiger partial charge in [-0.05, 0) is 19.1 Å². The summed E-state index contributed by atoms with van der Waals surface area (Å²) in [5.74, 6) is -3.06. The quantitative estimate of drug-likeness (QED) is 0.372. The van der Waals surface area contributed by atoms with Crippen LogP contribution in [-0.2, 0) is 9.53 Å². The molecule has 1 fully saturated rings. The lowest BCUT2D eigenvalue weighted by atomic mass is 9.96. The number of carbonyl (C=O) groups is 1. The second kappa shape index (κ2) is 8.94. The molecule has 1 aromatic carbocycles. The number of nitrogens with one attached hydrogen (secondary N) is 1. The summed E-state index contributed by atoms with van der Waals surface area (Å²) in [7, 11) is 0. The SMILES string of the molecule is C[C@H]1OC(C(=O)O)[C@@H](O)[C@@H](O)[C@@H]1O.N=C(Oc1ccccc1)C(F)(F)F. The van der Waals surface area contributed by atoms with Gasteiger partial charge in [0.2, 0.25) is 0 Å². The number of carboxylic acid groups (broad SMARTS) is 1. The number of aliphatic hydroxyl groups excluding tert-OH is 3. The van der Waals surface area contributed by atoms with Crippen LogP contribution in [0.3, 0.4) is 0 Å². The van der Waals surface area contributed by atoms with Crippen molar-refractivity contribution in [2.75, 3.05) is 0 Å². The molecule has 0 radical (unpaired) electrons. The fourth-order valence-corrected chi connectivity index (χ4v) is 1.92. The van der Waals surface area contributed by atoms with Crippen molar-refractivity contribution in [1.29, 1.82) is 5.41 Å². The molecule has 1 heterocycles. The molecule has 0 aliphatic carbocycles. The minimum Gasteiger partial charge on any atom is -0.479 e. The molecule has 0 amide bonds. The van der Waals surface area contributed by atoms with Gasteiger partial charge in [0.25, 0.3) is 5.90 Å². The molecule has 8 nitrogen and oxygen atoms in total. The van der Waals surface area contributed by atoms with Gasteiger partial charge in [-0.3, -0.25) is 5.41 Å². The molecule has 0 spiro atoms. The van der Waals surface area contributed by atoms with Gasteiger partial charge in [0.1, 0.15) is 24.1 Å². The van der Waals surface area contributed by atoms with Crippen molar-refractivity contribution >= 4 is 11.9 Å². The standard InChI is InChI=1S/C8H6F3NO.C7H12O6/c9-8(10,11)7(12)13-6-4-2-1-3-5-6;1-2-3(8)4(9)5(10)6(13-2)7(11)12/h1-5,12H;2-6,8-10H,1H3,(H,11,12)/t;2-,3-,4+,5+,6?/m.1/s1. The van der Waals surface area contributed by atoms with E-state index in [-0.39, 0.29) is 5.75 Å². The first-order chi connectivity index (χ1) is 11.9. The van der Waals surface area contributed by atoms with Crippen molar-refractivity contribution in [3.05, 3.63) is 30.3 Å². The Bertz CT molecular complexity index is 611. The molecule has 5 atom stereocenters. The molecule has 2 rings (SSSR count). The molecule has 11 heteroatoms. The second-order valence-corrected chi connectivity index (χ2v) is 5.31. The van der Waals surface area contributed by atoms with E-state index in [0.29, 0.717) is 0 Å². The zero-order valence-corrected chi connectivity index (χ0v) is 13.4. The summed E-state index contributed by atoms with van der Waals surface area (Å²) in [5.41, 5.74) is 0. The summed E-state index contributed by atoms with van der Waals surface area (Å²) >= 11 is 0. The van der Waals surface area contributed by atoms with Crippen LogP contribution in [0.4, 0.5) is 13.2 Å². The summed E-state index contributed by atoms with van der Waals surface area (Å²) in [5, 5.41) is 42.6. The highest BCUT2D eigenvalue weighted by Gasteiger charge is 2.45. The molecule has 1 saturated heterocycles. The Morgan fingerprint density at radius 2 is 1.65 bits per heavy atom. The lowest BCUT2D eigenvalue weighted by molar-refractivity contribution is -0.223. The maximum Gasteiger partial charge on any atom is 0.468 e. The number of carboxylic acids is 1. The van der Waals surface area contributed by atoms with Crippen LogP contribution in [0.2, 0.25) is 0 Å². The third-order valence-corrected chi connectivity index (χ3v) is 3.32. The number of aliphatic carboxylic acids is 1. The first kappa shape index (κ1) is 21.8. The smallest absolute Gasteiger partial charge is 0.468 e. The molecular formula is C15H18F3NO7. The minimum atomic E-state index is -4.73. The van der Waals surface area contributed by atoms with E-state index in [1.165, 1.54) is 31.2 Å². The fourth-order valence-electron chi connectivity index (χ4n) is 1.92. The Morgan fingerprint density at radius 1 is 1.12 bits per heavy atom. The Morgan fingerprint density at radius 3 is 2.12 bits per heavy atom. The number of aliphatic hydroxyl groups is 3. The van der Waals surface area contributed by atoms with Gasteiger partial charge in [-0.15, -0.1) is 0 Å². The van der Waals surface area contributed by atoms with Crippen LogP contribution in [0.5, 0.6) is 5.75 Å². The van der Waals surface area contributed by atoms with E-state index in [9.17, 15) is 33.3 Å². The summed E-state index contributed by atoms with van der Waals surface area (Å²) in [6.45, 7) is 1.43. The van der Waals surface area contributed by atoms with Gasteiger partial charge in [-0.25, -0.2) is 4.79 Å². The Kier molecular flexibility index (Phi) is 7.51. The van der Waals surface area contributed by atoms with Gasteiger partial charge in [0, 0.05) is 0 Å². The fraction of sp³-hybridized carbons (Fsp3) is 0.467. The Hall–Kier alpha value is -2.21. The third kappa shape index (κ3) is 5.95. The average molecular weight is 381 g/mol. The first-order valence-corrected chi connectivity index (χ1v) is 7.26. The molecule has 0 saturated carbocycles. The molecule has 1 aliphatic rings. The molecule has 1 aromatic rings. The predicted molar refractivity (Wildman–Crippen MR) is 80.8 cm³/mol. The van der Waals surface area contributed by atoms with E-state index < -0.39 is 48.6 Å². The molecule has 0 aromatic heterocycles. The van der Waals surface area contributed by atoms with E-state index >= 15 is 0 Å². The number of para-hydroxylation sites is 1. The summed E-state index contributed by atoms with van der Waals surface area (Å²) in [6.07, 6.45) is -11.3. The van der Waals surface area contributed by atoms with Crippen molar-refractivity contribution in [1.82, 2.24) is 0 Å². The van der Waals surface area contributed by atoms with Gasteiger partial charge in [0.15, 0.2) is 6.10 Å². The van der Waals surface area contributed by atoms with Gasteiger partial charge < -0.3 is 29.9 Å². The van der Waals surface area contributed by atoms with Crippen LogP contribution in [0, 0.1) is 5.41 Å². The van der Waals surface area contributed by atoms with Crippen molar-refractivity contribution in [2.24, 2.45) is 0 Å². The highest BCUT2D eigenvalue weighted by molar-refractivity contribution is 5.80. The van der Waals surface area contributed by atoms with Crippen LogP contribution in [0.1, 0.15) is 6.92 Å². The number of halogens is 3.